The molecule has 2 aromatic carbocycles. The lowest BCUT2D eigenvalue weighted by molar-refractivity contribution is 0.102. The third kappa shape index (κ3) is 4.41. The zero-order chi connectivity index (χ0) is 27.1. The van der Waals surface area contributed by atoms with E-state index in [4.69, 9.17) is 11.6 Å². The maximum absolute atomic E-state index is 13.6. The molecule has 3 aromatic heterocycles. The Bertz CT molecular complexity index is 1710. The first kappa shape index (κ1) is 25.8. The van der Waals surface area contributed by atoms with Gasteiger partial charge in [-0.3, -0.25) is 14.3 Å². The largest absolute Gasteiger partial charge is 0.311 e. The first-order valence-corrected chi connectivity index (χ1v) is 13.4. The first-order valence-electron chi connectivity index (χ1n) is 12.0. The van der Waals surface area contributed by atoms with Gasteiger partial charge in [0.25, 0.3) is 5.56 Å². The number of aromatic nitrogens is 6. The second-order valence-corrected chi connectivity index (χ2v) is 10.5. The highest BCUT2D eigenvalue weighted by atomic mass is 35.5. The van der Waals surface area contributed by atoms with Crippen molar-refractivity contribution in [3.05, 3.63) is 98.7 Å². The highest BCUT2D eigenvalue weighted by molar-refractivity contribution is 7.99. The number of hydrogen-bond donors (Lipinski definition) is 0. The van der Waals surface area contributed by atoms with Crippen LogP contribution >= 0.6 is 23.4 Å². The Kier molecular flexibility index (Phi) is 6.90. The Morgan fingerprint density at radius 2 is 1.63 bits per heavy atom. The summed E-state index contributed by atoms with van der Waals surface area (Å²) in [6.07, 6.45) is 0. The van der Waals surface area contributed by atoms with E-state index in [2.05, 4.69) is 10.2 Å². The van der Waals surface area contributed by atoms with Gasteiger partial charge >= 0.3 is 0 Å². The van der Waals surface area contributed by atoms with E-state index in [1.807, 2.05) is 97.2 Å². The van der Waals surface area contributed by atoms with Crippen LogP contribution in [-0.4, -0.2) is 40.2 Å². The summed E-state index contributed by atoms with van der Waals surface area (Å²) in [5.41, 5.74) is 5.03. The molecular weight excluding hydrogens is 520 g/mol. The van der Waals surface area contributed by atoms with Crippen LogP contribution in [0.2, 0.25) is 5.02 Å². The number of hydrogen-bond acceptors (Lipinski definition) is 5. The summed E-state index contributed by atoms with van der Waals surface area (Å²) in [5, 5.41) is 9.86. The summed E-state index contributed by atoms with van der Waals surface area (Å²) in [7, 11) is 3.74. The van der Waals surface area contributed by atoms with E-state index in [9.17, 15) is 9.59 Å². The highest BCUT2D eigenvalue weighted by Gasteiger charge is 2.24. The van der Waals surface area contributed by atoms with Crippen LogP contribution in [-0.2, 0) is 14.1 Å². The van der Waals surface area contributed by atoms with Crippen LogP contribution in [0.3, 0.4) is 0 Å². The van der Waals surface area contributed by atoms with Gasteiger partial charge in [0.2, 0.25) is 0 Å². The molecule has 5 rings (SSSR count). The van der Waals surface area contributed by atoms with Gasteiger partial charge in [0.1, 0.15) is 5.69 Å². The Labute approximate surface area is 229 Å². The summed E-state index contributed by atoms with van der Waals surface area (Å²) >= 11 is 7.33. The van der Waals surface area contributed by atoms with E-state index in [1.165, 1.54) is 11.8 Å². The molecule has 0 saturated carbocycles. The standard InChI is InChI=1S/C28H27ClN6O2S/c1-17-15-23(24(36)16-38-28-31-30-26(32(28)4)20-11-13-21(29)14-12-20)18(2)34(17)25-19(3)33(5)35(27(25)37)22-9-7-6-8-10-22/h6-15H,16H2,1-5H3. The summed E-state index contributed by atoms with van der Waals surface area (Å²) in [4.78, 5) is 26.9. The quantitative estimate of drug-likeness (QED) is 0.204. The van der Waals surface area contributed by atoms with Gasteiger partial charge in [-0.05, 0) is 63.2 Å². The van der Waals surface area contributed by atoms with Gasteiger partial charge in [0, 0.05) is 41.6 Å². The van der Waals surface area contributed by atoms with Crippen molar-refractivity contribution in [1.82, 2.24) is 28.7 Å². The molecule has 3 heterocycles. The number of para-hydroxylation sites is 1. The molecule has 10 heteroatoms. The molecule has 0 spiro atoms. The van der Waals surface area contributed by atoms with Crippen LogP contribution in [0.25, 0.3) is 22.8 Å². The molecule has 0 aliphatic heterocycles. The van der Waals surface area contributed by atoms with E-state index < -0.39 is 0 Å². The molecular formula is C28H27ClN6O2S. The third-order valence-electron chi connectivity index (χ3n) is 6.75. The van der Waals surface area contributed by atoms with Gasteiger partial charge in [0.05, 0.1) is 17.1 Å². The van der Waals surface area contributed by atoms with Crippen molar-refractivity contribution in [2.24, 2.45) is 14.1 Å². The van der Waals surface area contributed by atoms with E-state index >= 15 is 0 Å². The van der Waals surface area contributed by atoms with Crippen molar-refractivity contribution >= 4 is 29.1 Å². The molecule has 0 aliphatic rings. The molecule has 0 atom stereocenters. The zero-order valence-electron chi connectivity index (χ0n) is 21.8. The van der Waals surface area contributed by atoms with Crippen molar-refractivity contribution < 1.29 is 4.79 Å². The number of carbonyl (C=O) groups is 1. The lowest BCUT2D eigenvalue weighted by Crippen LogP contribution is -2.22. The van der Waals surface area contributed by atoms with Crippen LogP contribution < -0.4 is 5.56 Å². The molecule has 0 N–H and O–H groups in total. The smallest absolute Gasteiger partial charge is 0.295 e. The van der Waals surface area contributed by atoms with Crippen molar-refractivity contribution in [3.8, 4) is 22.8 Å². The monoisotopic (exact) mass is 546 g/mol. The lowest BCUT2D eigenvalue weighted by Gasteiger charge is -2.08. The minimum atomic E-state index is -0.139. The molecule has 0 aliphatic carbocycles. The predicted octanol–water partition coefficient (Wildman–Crippen LogP) is 5.32. The number of halogens is 1. The number of nitrogens with zero attached hydrogens (tertiary/aromatic N) is 6. The lowest BCUT2D eigenvalue weighted by atomic mass is 10.2. The fourth-order valence-corrected chi connectivity index (χ4v) is 5.62. The Balaban J connectivity index is 1.42. The summed E-state index contributed by atoms with van der Waals surface area (Å²) < 4.78 is 7.24. The zero-order valence-corrected chi connectivity index (χ0v) is 23.3. The van der Waals surface area contributed by atoms with E-state index in [-0.39, 0.29) is 17.1 Å². The highest BCUT2D eigenvalue weighted by Crippen LogP contribution is 2.27. The van der Waals surface area contributed by atoms with Crippen LogP contribution in [0.1, 0.15) is 27.4 Å². The second-order valence-electron chi connectivity index (χ2n) is 9.11. The molecule has 38 heavy (non-hydrogen) atoms. The third-order valence-corrected chi connectivity index (χ3v) is 8.02. The molecule has 194 valence electrons. The molecule has 0 bridgehead atoms. The van der Waals surface area contributed by atoms with Gasteiger partial charge in [-0.2, -0.15) is 0 Å². The number of aryl methyl sites for hydroxylation is 1. The minimum Gasteiger partial charge on any atom is -0.311 e. The minimum absolute atomic E-state index is 0.0395. The van der Waals surface area contributed by atoms with Gasteiger partial charge in [0.15, 0.2) is 16.8 Å². The van der Waals surface area contributed by atoms with E-state index in [0.717, 1.165) is 28.3 Å². The van der Waals surface area contributed by atoms with E-state index in [1.54, 1.807) is 16.8 Å². The molecule has 0 amide bonds. The van der Waals surface area contributed by atoms with Crippen LogP contribution in [0.4, 0.5) is 0 Å². The maximum Gasteiger partial charge on any atom is 0.295 e. The van der Waals surface area contributed by atoms with Crippen LogP contribution in [0.15, 0.2) is 70.6 Å². The normalized spacial score (nSPS) is 11.3. The molecule has 0 radical (unpaired) electrons. The maximum atomic E-state index is 13.6. The van der Waals surface area contributed by atoms with Crippen molar-refractivity contribution in [1.29, 1.82) is 0 Å². The predicted molar refractivity (Wildman–Crippen MR) is 151 cm³/mol. The van der Waals surface area contributed by atoms with Crippen molar-refractivity contribution in [2.75, 3.05) is 5.75 Å². The SMILES string of the molecule is Cc1cc(C(=O)CSc2nnc(-c3ccc(Cl)cc3)n2C)c(C)n1-c1c(C)n(C)n(-c2ccccc2)c1=O. The van der Waals surface area contributed by atoms with Crippen molar-refractivity contribution in [2.45, 2.75) is 25.9 Å². The Hall–Kier alpha value is -3.82. The summed E-state index contributed by atoms with van der Waals surface area (Å²) in [6, 6.07) is 18.8. The van der Waals surface area contributed by atoms with Gasteiger partial charge < -0.3 is 9.13 Å². The van der Waals surface area contributed by atoms with Crippen molar-refractivity contribution in [3.63, 3.8) is 0 Å². The van der Waals surface area contributed by atoms with Gasteiger partial charge in [-0.15, -0.1) is 10.2 Å². The number of rotatable bonds is 7. The second kappa shape index (κ2) is 10.2. The van der Waals surface area contributed by atoms with E-state index in [0.29, 0.717) is 27.3 Å². The molecule has 5 aromatic rings. The van der Waals surface area contributed by atoms with Gasteiger partial charge in [-0.25, -0.2) is 4.68 Å². The molecule has 8 nitrogen and oxygen atoms in total. The Morgan fingerprint density at radius 3 is 2.32 bits per heavy atom. The summed E-state index contributed by atoms with van der Waals surface area (Å²) in [5.74, 6) is 0.852. The fourth-order valence-electron chi connectivity index (χ4n) is 4.70. The van der Waals surface area contributed by atoms with Crippen LogP contribution in [0, 0.1) is 20.8 Å². The topological polar surface area (TPSA) is 79.6 Å². The van der Waals surface area contributed by atoms with Crippen LogP contribution in [0.5, 0.6) is 0 Å². The Morgan fingerprint density at radius 1 is 0.947 bits per heavy atom. The average molecular weight is 547 g/mol. The van der Waals surface area contributed by atoms with Gasteiger partial charge in [-0.1, -0.05) is 41.6 Å². The first-order chi connectivity index (χ1) is 18.2. The molecule has 0 fully saturated rings. The number of Topliss-reactive ketones (excluding diaryl/α,β-unsaturated/α-hetero) is 1. The average Bonchev–Trinajstić information content (AvgIpc) is 3.49. The number of carbonyl (C=O) groups excluding carboxylic acids is 1. The fraction of sp³-hybridized carbons (Fsp3) is 0.214. The number of benzene rings is 2. The summed E-state index contributed by atoms with van der Waals surface area (Å²) in [6.45, 7) is 5.71. The molecule has 0 saturated heterocycles. The number of thioether (sulfide) groups is 1. The molecule has 0 unspecified atom stereocenters. The number of ketones is 1.